The molecule has 4 aromatic rings. The quantitative estimate of drug-likeness (QED) is 0.310. The Kier molecular flexibility index (Phi) is 8.64. The second kappa shape index (κ2) is 12.8. The van der Waals surface area contributed by atoms with Gasteiger partial charge >= 0.3 is 0 Å². The molecule has 11 nitrogen and oxygen atoms in total. The van der Waals surface area contributed by atoms with Crippen molar-refractivity contribution in [3.8, 4) is 17.2 Å². The summed E-state index contributed by atoms with van der Waals surface area (Å²) in [5.74, 6) is 0.0988. The molecule has 4 heterocycles. The van der Waals surface area contributed by atoms with Crippen LogP contribution < -0.4 is 15.8 Å². The molecule has 2 aliphatic heterocycles. The number of aliphatic hydroxyl groups excluding tert-OH is 1. The lowest BCUT2D eigenvalue weighted by molar-refractivity contribution is 0.0302. The van der Waals surface area contributed by atoms with Crippen molar-refractivity contribution in [3.05, 3.63) is 105 Å². The Bertz CT molecular complexity index is 1950. The normalized spacial score (nSPS) is 14.8. The van der Waals surface area contributed by atoms with Crippen molar-refractivity contribution in [2.24, 2.45) is 7.05 Å². The molecule has 2 aromatic carbocycles. The smallest absolute Gasteiger partial charge is 0.274 e. The molecule has 0 saturated carbocycles. The lowest BCUT2D eigenvalue weighted by atomic mass is 9.83. The number of fused-ring (bicyclic) bond motifs is 1. The van der Waals surface area contributed by atoms with Crippen molar-refractivity contribution in [1.29, 1.82) is 5.26 Å². The molecule has 1 fully saturated rings. The number of hydrogen-bond acceptors (Lipinski definition) is 8. The number of aryl methyl sites for hydroxylation is 1. The second-order valence-electron chi connectivity index (χ2n) is 12.3. The predicted octanol–water partition coefficient (Wildman–Crippen LogP) is 4.16. The third-order valence-electron chi connectivity index (χ3n) is 8.85. The SMILES string of the molecule is Cn1cc(-c2cccc(N3CCc4cc(C(C)(C)C#N)ccc4C3=O)c2CO)cc(Nc2ccc(C(=O)N3CCOCC3)cn2)c1=O. The summed E-state index contributed by atoms with van der Waals surface area (Å²) < 4.78 is 6.78. The Labute approximate surface area is 272 Å². The minimum Gasteiger partial charge on any atom is -0.392 e. The monoisotopic (exact) mass is 632 g/mol. The zero-order chi connectivity index (χ0) is 33.3. The molecule has 240 valence electrons. The number of nitrogens with zero attached hydrogens (tertiary/aromatic N) is 5. The first-order valence-corrected chi connectivity index (χ1v) is 15.5. The van der Waals surface area contributed by atoms with Gasteiger partial charge in [-0.1, -0.05) is 24.3 Å². The van der Waals surface area contributed by atoms with E-state index in [1.54, 1.807) is 47.3 Å². The highest BCUT2D eigenvalue weighted by atomic mass is 16.5. The lowest BCUT2D eigenvalue weighted by Gasteiger charge is -2.31. The minimum atomic E-state index is -0.668. The molecule has 2 N–H and O–H groups in total. The van der Waals surface area contributed by atoms with Crippen LogP contribution in [0.5, 0.6) is 0 Å². The van der Waals surface area contributed by atoms with E-state index < -0.39 is 5.41 Å². The molecule has 0 spiro atoms. The highest BCUT2D eigenvalue weighted by molar-refractivity contribution is 6.09. The summed E-state index contributed by atoms with van der Waals surface area (Å²) in [4.78, 5) is 47.5. The van der Waals surface area contributed by atoms with E-state index >= 15 is 0 Å². The second-order valence-corrected chi connectivity index (χ2v) is 12.3. The molecule has 0 bridgehead atoms. The number of morpholine rings is 1. The average Bonchev–Trinajstić information content (AvgIpc) is 3.10. The molecule has 0 aliphatic carbocycles. The summed E-state index contributed by atoms with van der Waals surface area (Å²) in [6.07, 6.45) is 3.78. The Hall–Kier alpha value is -5.31. The van der Waals surface area contributed by atoms with Crippen LogP contribution in [0.4, 0.5) is 17.2 Å². The van der Waals surface area contributed by atoms with Crippen LogP contribution in [0.2, 0.25) is 0 Å². The van der Waals surface area contributed by atoms with Crippen LogP contribution in [0.15, 0.2) is 71.8 Å². The van der Waals surface area contributed by atoms with Crippen LogP contribution in [0, 0.1) is 11.3 Å². The van der Waals surface area contributed by atoms with E-state index in [9.17, 15) is 24.8 Å². The molecule has 0 radical (unpaired) electrons. The first-order chi connectivity index (χ1) is 22.6. The molecule has 0 unspecified atom stereocenters. The van der Waals surface area contributed by atoms with Crippen molar-refractivity contribution < 1.29 is 19.4 Å². The van der Waals surface area contributed by atoms with E-state index in [0.29, 0.717) is 78.6 Å². The Morgan fingerprint density at radius 3 is 2.55 bits per heavy atom. The Balaban J connectivity index is 1.28. The van der Waals surface area contributed by atoms with Gasteiger partial charge in [0.1, 0.15) is 11.5 Å². The highest BCUT2D eigenvalue weighted by Crippen LogP contribution is 2.36. The number of aromatic nitrogens is 2. The standard InChI is InChI=1S/C36H36N6O5/c1-36(2,22-37)26-8-9-28-23(17-26)11-12-42(34(28)45)31-6-4-5-27(29(31)21-43)25-18-30(35(46)40(3)20-25)39-32-10-7-24(19-38-32)33(44)41-13-15-47-16-14-41/h4-10,17-20,43H,11-16,21H2,1-3H3,(H,38,39). The predicted molar refractivity (Wildman–Crippen MR) is 178 cm³/mol. The van der Waals surface area contributed by atoms with Gasteiger partial charge in [0.15, 0.2) is 0 Å². The van der Waals surface area contributed by atoms with Crippen LogP contribution >= 0.6 is 0 Å². The number of ether oxygens (including phenoxy) is 1. The zero-order valence-corrected chi connectivity index (χ0v) is 26.6. The molecule has 47 heavy (non-hydrogen) atoms. The first kappa shape index (κ1) is 31.7. The van der Waals surface area contributed by atoms with Crippen molar-refractivity contribution in [3.63, 3.8) is 0 Å². The number of amides is 2. The number of aliphatic hydroxyl groups is 1. The summed E-state index contributed by atoms with van der Waals surface area (Å²) in [6.45, 7) is 5.86. The van der Waals surface area contributed by atoms with Crippen LogP contribution in [0.3, 0.4) is 0 Å². The number of rotatable bonds is 7. The first-order valence-electron chi connectivity index (χ1n) is 15.5. The molecule has 2 aliphatic rings. The zero-order valence-electron chi connectivity index (χ0n) is 26.6. The van der Waals surface area contributed by atoms with Gasteiger partial charge in [-0.25, -0.2) is 4.98 Å². The third-order valence-corrected chi connectivity index (χ3v) is 8.85. The number of benzene rings is 2. The van der Waals surface area contributed by atoms with E-state index in [1.807, 2.05) is 44.2 Å². The van der Waals surface area contributed by atoms with E-state index in [4.69, 9.17) is 4.74 Å². The molecule has 1 saturated heterocycles. The molecule has 2 amide bonds. The summed E-state index contributed by atoms with van der Waals surface area (Å²) in [5, 5.41) is 23.3. The highest BCUT2D eigenvalue weighted by Gasteiger charge is 2.30. The van der Waals surface area contributed by atoms with Crippen LogP contribution in [0.25, 0.3) is 11.1 Å². The Morgan fingerprint density at radius 2 is 1.85 bits per heavy atom. The number of carbonyl (C=O) groups is 2. The average molecular weight is 633 g/mol. The van der Waals surface area contributed by atoms with Gasteiger partial charge in [-0.15, -0.1) is 0 Å². The fourth-order valence-corrected chi connectivity index (χ4v) is 6.07. The third kappa shape index (κ3) is 6.13. The number of hydrogen-bond donors (Lipinski definition) is 2. The van der Waals surface area contributed by atoms with Crippen LogP contribution in [-0.4, -0.2) is 64.2 Å². The van der Waals surface area contributed by atoms with Gasteiger partial charge in [-0.05, 0) is 67.3 Å². The van der Waals surface area contributed by atoms with E-state index in [2.05, 4.69) is 16.4 Å². The fraction of sp³-hybridized carbons (Fsp3) is 0.306. The topological polar surface area (TPSA) is 141 Å². The van der Waals surface area contributed by atoms with Gasteiger partial charge in [0.25, 0.3) is 17.4 Å². The minimum absolute atomic E-state index is 0.120. The van der Waals surface area contributed by atoms with E-state index in [-0.39, 0.29) is 29.7 Å². The maximum absolute atomic E-state index is 13.8. The molecule has 6 rings (SSSR count). The summed E-state index contributed by atoms with van der Waals surface area (Å²) in [6, 6.07) is 18.4. The van der Waals surface area contributed by atoms with Crippen molar-refractivity contribution in [1.82, 2.24) is 14.5 Å². The maximum Gasteiger partial charge on any atom is 0.274 e. The summed E-state index contributed by atoms with van der Waals surface area (Å²) >= 11 is 0. The van der Waals surface area contributed by atoms with E-state index in [1.165, 1.54) is 10.8 Å². The molecular formula is C36H36N6O5. The number of pyridine rings is 2. The van der Waals surface area contributed by atoms with E-state index in [0.717, 1.165) is 11.1 Å². The molecule has 0 atom stereocenters. The number of anilines is 3. The number of nitrogens with one attached hydrogen (secondary N) is 1. The van der Waals surface area contributed by atoms with Crippen molar-refractivity contribution >= 4 is 29.0 Å². The molecule has 11 heteroatoms. The van der Waals surface area contributed by atoms with Gasteiger partial charge < -0.3 is 29.5 Å². The van der Waals surface area contributed by atoms with Gasteiger partial charge in [-0.2, -0.15) is 5.26 Å². The van der Waals surface area contributed by atoms with Crippen molar-refractivity contribution in [2.45, 2.75) is 32.3 Å². The summed E-state index contributed by atoms with van der Waals surface area (Å²) in [5.41, 5.74) is 4.57. The molecular weight excluding hydrogens is 596 g/mol. The van der Waals surface area contributed by atoms with Crippen molar-refractivity contribution in [2.75, 3.05) is 43.1 Å². The maximum atomic E-state index is 13.8. The lowest BCUT2D eigenvalue weighted by Crippen LogP contribution is -2.40. The molecule has 2 aromatic heterocycles. The van der Waals surface area contributed by atoms with Crippen LogP contribution in [0.1, 0.15) is 51.3 Å². The summed E-state index contributed by atoms with van der Waals surface area (Å²) in [7, 11) is 1.64. The number of nitriles is 1. The Morgan fingerprint density at radius 1 is 1.06 bits per heavy atom. The van der Waals surface area contributed by atoms with Crippen LogP contribution in [-0.2, 0) is 30.2 Å². The van der Waals surface area contributed by atoms with Gasteiger partial charge in [0.05, 0.1) is 42.6 Å². The van der Waals surface area contributed by atoms with Gasteiger partial charge in [0, 0.05) is 55.8 Å². The van der Waals surface area contributed by atoms with Gasteiger partial charge in [0.2, 0.25) is 0 Å². The fourth-order valence-electron chi connectivity index (χ4n) is 6.07. The van der Waals surface area contributed by atoms with Gasteiger partial charge in [-0.3, -0.25) is 14.4 Å². The number of carbonyl (C=O) groups excluding carboxylic acids is 2. The largest absolute Gasteiger partial charge is 0.392 e.